The summed E-state index contributed by atoms with van der Waals surface area (Å²) in [4.78, 5) is 15.3. The number of hydrogen-bond acceptors (Lipinski definition) is 3. The van der Waals surface area contributed by atoms with Gasteiger partial charge in [0.15, 0.2) is 0 Å². The van der Waals surface area contributed by atoms with Gasteiger partial charge < -0.3 is 10.2 Å². The summed E-state index contributed by atoms with van der Waals surface area (Å²) in [5.74, 6) is 0.0316. The molecular weight excluding hydrogens is 382 g/mol. The number of anilines is 2. The Morgan fingerprint density at radius 1 is 1.19 bits per heavy atom. The molecule has 162 valence electrons. The van der Waals surface area contributed by atoms with Gasteiger partial charge in [-0.1, -0.05) is 13.0 Å². The molecule has 0 radical (unpaired) electrons. The van der Waals surface area contributed by atoms with Gasteiger partial charge in [0.05, 0.1) is 0 Å². The van der Waals surface area contributed by atoms with E-state index in [9.17, 15) is 10.1 Å². The fourth-order valence-electron chi connectivity index (χ4n) is 4.95. The third-order valence-electron chi connectivity index (χ3n) is 6.23. The summed E-state index contributed by atoms with van der Waals surface area (Å²) in [5.41, 5.74) is 7.60. The van der Waals surface area contributed by atoms with E-state index in [0.717, 1.165) is 35.2 Å². The maximum atomic E-state index is 12.8. The van der Waals surface area contributed by atoms with E-state index in [-0.39, 0.29) is 17.0 Å². The van der Waals surface area contributed by atoms with Crippen LogP contribution >= 0.6 is 0 Å². The van der Waals surface area contributed by atoms with E-state index in [1.54, 1.807) is 6.08 Å². The first-order chi connectivity index (χ1) is 14.6. The topological polar surface area (TPSA) is 56.1 Å². The van der Waals surface area contributed by atoms with Gasteiger partial charge in [-0.3, -0.25) is 4.79 Å². The molecule has 0 aromatic heterocycles. The second kappa shape index (κ2) is 8.59. The molecule has 0 spiro atoms. The lowest BCUT2D eigenvalue weighted by Gasteiger charge is -2.47. The lowest BCUT2D eigenvalue weighted by atomic mass is 9.79. The van der Waals surface area contributed by atoms with E-state index in [4.69, 9.17) is 0 Å². The number of nitrogens with one attached hydrogen (secondary N) is 1. The molecule has 0 fully saturated rings. The quantitative estimate of drug-likeness (QED) is 0.473. The van der Waals surface area contributed by atoms with Gasteiger partial charge in [0.25, 0.3) is 5.91 Å². The Kier molecular flexibility index (Phi) is 6.27. The Morgan fingerprint density at radius 3 is 2.42 bits per heavy atom. The van der Waals surface area contributed by atoms with E-state index in [2.05, 4.69) is 62.2 Å². The van der Waals surface area contributed by atoms with Crippen molar-refractivity contribution in [3.63, 3.8) is 0 Å². The number of carbonyl (C=O) groups is 1. The number of rotatable bonds is 4. The summed E-state index contributed by atoms with van der Waals surface area (Å²) in [6.07, 6.45) is 2.79. The Hall–Kier alpha value is -3.06. The standard InChI is InChI=1S/C27H33N3O/c1-8-30-25-12-19(4)21(14-24(25)20(5)15-27(30,6)7)13-22(16-28)26(31)29-23-10-17(2)9-18(3)11-23/h9-14,20H,8,15H2,1-7H3,(H,29,31)/b22-13-. The molecule has 4 heteroatoms. The first-order valence-corrected chi connectivity index (χ1v) is 11.0. The summed E-state index contributed by atoms with van der Waals surface area (Å²) in [7, 11) is 0. The van der Waals surface area contributed by atoms with Crippen molar-refractivity contribution in [3.05, 3.63) is 63.7 Å². The highest BCUT2D eigenvalue weighted by molar-refractivity contribution is 6.09. The zero-order valence-corrected chi connectivity index (χ0v) is 19.8. The van der Waals surface area contributed by atoms with Gasteiger partial charge in [0.2, 0.25) is 0 Å². The van der Waals surface area contributed by atoms with Gasteiger partial charge in [-0.15, -0.1) is 0 Å². The first kappa shape index (κ1) is 22.6. The van der Waals surface area contributed by atoms with E-state index in [0.29, 0.717) is 11.6 Å². The smallest absolute Gasteiger partial charge is 0.266 e. The number of hydrogen-bond donors (Lipinski definition) is 1. The molecule has 1 amide bonds. The SMILES string of the molecule is CCN1c2cc(C)c(/C=C(/C#N)C(=O)Nc3cc(C)cc(C)c3)cc2C(C)CC1(C)C. The minimum absolute atomic E-state index is 0.106. The van der Waals surface area contributed by atoms with Crippen LogP contribution in [0.3, 0.4) is 0 Å². The molecule has 1 N–H and O–H groups in total. The highest BCUT2D eigenvalue weighted by Gasteiger charge is 2.35. The summed E-state index contributed by atoms with van der Waals surface area (Å²) < 4.78 is 0. The molecular formula is C27H33N3O. The molecule has 3 rings (SSSR count). The molecule has 1 aliphatic heterocycles. The fourth-order valence-corrected chi connectivity index (χ4v) is 4.95. The summed E-state index contributed by atoms with van der Waals surface area (Å²) in [6, 6.07) is 12.3. The molecule has 2 aromatic carbocycles. The molecule has 0 saturated heterocycles. The van der Waals surface area contributed by atoms with Gasteiger partial charge in [-0.05, 0) is 112 Å². The second-order valence-electron chi connectivity index (χ2n) is 9.43. The van der Waals surface area contributed by atoms with Crippen molar-refractivity contribution in [1.82, 2.24) is 0 Å². The van der Waals surface area contributed by atoms with Gasteiger partial charge in [-0.2, -0.15) is 5.26 Å². The Labute approximate surface area is 186 Å². The second-order valence-corrected chi connectivity index (χ2v) is 9.43. The van der Waals surface area contributed by atoms with Crippen LogP contribution in [0.1, 0.15) is 67.9 Å². The van der Waals surface area contributed by atoms with Crippen LogP contribution < -0.4 is 10.2 Å². The maximum Gasteiger partial charge on any atom is 0.266 e. The number of fused-ring (bicyclic) bond motifs is 1. The summed E-state index contributed by atoms with van der Waals surface area (Å²) in [5, 5.41) is 12.6. The normalized spacial score (nSPS) is 17.7. The number of nitrogens with zero attached hydrogens (tertiary/aromatic N) is 2. The van der Waals surface area contributed by atoms with Crippen molar-refractivity contribution >= 4 is 23.4 Å². The maximum absolute atomic E-state index is 12.8. The van der Waals surface area contributed by atoms with Gasteiger partial charge in [0, 0.05) is 23.5 Å². The minimum Gasteiger partial charge on any atom is -0.366 e. The van der Waals surface area contributed by atoms with Crippen LogP contribution in [0, 0.1) is 32.1 Å². The number of benzene rings is 2. The summed E-state index contributed by atoms with van der Waals surface area (Å²) >= 11 is 0. The summed E-state index contributed by atoms with van der Waals surface area (Å²) in [6.45, 7) is 16.0. The molecule has 31 heavy (non-hydrogen) atoms. The van der Waals surface area contributed by atoms with Crippen LogP contribution in [-0.4, -0.2) is 18.0 Å². The minimum atomic E-state index is -0.381. The van der Waals surface area contributed by atoms with Gasteiger partial charge in [0.1, 0.15) is 11.6 Å². The van der Waals surface area contributed by atoms with Crippen molar-refractivity contribution in [2.24, 2.45) is 0 Å². The molecule has 1 aliphatic rings. The zero-order valence-electron chi connectivity index (χ0n) is 19.8. The first-order valence-electron chi connectivity index (χ1n) is 11.0. The van der Waals surface area contributed by atoms with E-state index >= 15 is 0 Å². The van der Waals surface area contributed by atoms with Gasteiger partial charge in [-0.25, -0.2) is 0 Å². The van der Waals surface area contributed by atoms with Crippen LogP contribution in [0.5, 0.6) is 0 Å². The third-order valence-corrected chi connectivity index (χ3v) is 6.23. The Bertz CT molecular complexity index is 1070. The number of amides is 1. The van der Waals surface area contributed by atoms with E-state index < -0.39 is 0 Å². The van der Waals surface area contributed by atoms with Crippen LogP contribution in [0.2, 0.25) is 0 Å². The van der Waals surface area contributed by atoms with Crippen molar-refractivity contribution in [1.29, 1.82) is 5.26 Å². The van der Waals surface area contributed by atoms with Crippen molar-refractivity contribution in [2.75, 3.05) is 16.8 Å². The van der Waals surface area contributed by atoms with Crippen LogP contribution in [0.15, 0.2) is 35.9 Å². The third kappa shape index (κ3) is 4.66. The van der Waals surface area contributed by atoms with Crippen molar-refractivity contribution < 1.29 is 4.79 Å². The highest BCUT2D eigenvalue weighted by atomic mass is 16.1. The Balaban J connectivity index is 1.97. The van der Waals surface area contributed by atoms with Crippen LogP contribution in [-0.2, 0) is 4.79 Å². The van der Waals surface area contributed by atoms with Crippen molar-refractivity contribution in [2.45, 2.75) is 66.3 Å². The number of aryl methyl sites for hydroxylation is 3. The molecule has 0 bridgehead atoms. The lowest BCUT2D eigenvalue weighted by molar-refractivity contribution is -0.112. The number of nitriles is 1. The Morgan fingerprint density at radius 2 is 1.84 bits per heavy atom. The predicted octanol–water partition coefficient (Wildman–Crippen LogP) is 6.27. The predicted molar refractivity (Wildman–Crippen MR) is 129 cm³/mol. The van der Waals surface area contributed by atoms with Crippen LogP contribution in [0.4, 0.5) is 11.4 Å². The van der Waals surface area contributed by atoms with E-state index in [1.165, 1.54) is 11.3 Å². The molecule has 1 heterocycles. The van der Waals surface area contributed by atoms with E-state index in [1.807, 2.05) is 32.9 Å². The average molecular weight is 416 g/mol. The molecule has 0 saturated carbocycles. The number of carbonyl (C=O) groups excluding carboxylic acids is 1. The molecule has 4 nitrogen and oxygen atoms in total. The molecule has 0 aliphatic carbocycles. The average Bonchev–Trinajstić information content (AvgIpc) is 2.65. The highest BCUT2D eigenvalue weighted by Crippen LogP contribution is 2.44. The monoisotopic (exact) mass is 415 g/mol. The van der Waals surface area contributed by atoms with Crippen LogP contribution in [0.25, 0.3) is 6.08 Å². The lowest BCUT2D eigenvalue weighted by Crippen LogP contribution is -2.48. The largest absolute Gasteiger partial charge is 0.366 e. The van der Waals surface area contributed by atoms with Gasteiger partial charge >= 0.3 is 0 Å². The molecule has 1 unspecified atom stereocenters. The molecule has 2 aromatic rings. The fraction of sp³-hybridized carbons (Fsp3) is 0.407. The zero-order chi connectivity index (χ0) is 22.9. The van der Waals surface area contributed by atoms with Crippen molar-refractivity contribution in [3.8, 4) is 6.07 Å². The molecule has 1 atom stereocenters.